The summed E-state index contributed by atoms with van der Waals surface area (Å²) >= 11 is 5.65. The summed E-state index contributed by atoms with van der Waals surface area (Å²) < 4.78 is 0. The monoisotopic (exact) mass is 168 g/mol. The van der Waals surface area contributed by atoms with E-state index in [9.17, 15) is 0 Å². The first-order chi connectivity index (χ1) is 5.33. The second kappa shape index (κ2) is 3.98. The van der Waals surface area contributed by atoms with Gasteiger partial charge in [-0.15, -0.1) is 0 Å². The molecule has 0 aliphatic carbocycles. The van der Waals surface area contributed by atoms with Crippen LogP contribution in [0.15, 0.2) is 29.4 Å². The Bertz CT molecular complexity index is 243. The Kier molecular flexibility index (Phi) is 2.93. The predicted molar refractivity (Wildman–Crippen MR) is 44.4 cm³/mol. The van der Waals surface area contributed by atoms with Gasteiger partial charge in [-0.1, -0.05) is 28.9 Å². The van der Waals surface area contributed by atoms with Crippen molar-refractivity contribution in [2.45, 2.75) is 6.42 Å². The van der Waals surface area contributed by atoms with Gasteiger partial charge in [0.05, 0.1) is 0 Å². The van der Waals surface area contributed by atoms with E-state index in [-0.39, 0.29) is 0 Å². The van der Waals surface area contributed by atoms with Gasteiger partial charge in [-0.05, 0) is 17.7 Å². The summed E-state index contributed by atoms with van der Waals surface area (Å²) in [7, 11) is 0. The maximum Gasteiger partial charge on any atom is 0.109 e. The highest BCUT2D eigenvalue weighted by molar-refractivity contribution is 6.30. The van der Waals surface area contributed by atoms with E-state index in [1.807, 2.05) is 12.1 Å². The SMILES string of the molecule is ON=[C]Cc1ccc(Cl)cc1. The van der Waals surface area contributed by atoms with Gasteiger partial charge in [0.1, 0.15) is 6.21 Å². The van der Waals surface area contributed by atoms with Crippen LogP contribution in [0.1, 0.15) is 5.56 Å². The molecule has 1 N–H and O–H groups in total. The van der Waals surface area contributed by atoms with Gasteiger partial charge < -0.3 is 5.21 Å². The molecule has 0 aromatic heterocycles. The molecule has 0 unspecified atom stereocenters. The van der Waals surface area contributed by atoms with E-state index in [0.29, 0.717) is 11.4 Å². The van der Waals surface area contributed by atoms with Crippen LogP contribution >= 0.6 is 11.6 Å². The molecule has 0 amide bonds. The Hall–Kier alpha value is -1.02. The normalized spacial score (nSPS) is 10.6. The zero-order valence-electron chi connectivity index (χ0n) is 5.79. The Morgan fingerprint density at radius 2 is 2.00 bits per heavy atom. The zero-order valence-corrected chi connectivity index (χ0v) is 6.54. The molecule has 3 heteroatoms. The summed E-state index contributed by atoms with van der Waals surface area (Å²) in [6.45, 7) is 0. The molecule has 1 aromatic carbocycles. The fourth-order valence-corrected chi connectivity index (χ4v) is 0.855. The summed E-state index contributed by atoms with van der Waals surface area (Å²) in [4.78, 5) is 0. The number of benzene rings is 1. The lowest BCUT2D eigenvalue weighted by molar-refractivity contribution is 0.321. The Morgan fingerprint density at radius 3 is 2.55 bits per heavy atom. The fourth-order valence-electron chi connectivity index (χ4n) is 0.729. The average molecular weight is 169 g/mol. The van der Waals surface area contributed by atoms with Crippen LogP contribution in [0.4, 0.5) is 0 Å². The maximum atomic E-state index is 8.07. The van der Waals surface area contributed by atoms with Gasteiger partial charge in [0, 0.05) is 11.4 Å². The molecule has 2 nitrogen and oxygen atoms in total. The van der Waals surface area contributed by atoms with Gasteiger partial charge in [0.2, 0.25) is 0 Å². The second-order valence-corrected chi connectivity index (χ2v) is 2.50. The van der Waals surface area contributed by atoms with Crippen molar-refractivity contribution >= 4 is 17.8 Å². The highest BCUT2D eigenvalue weighted by Gasteiger charge is 1.89. The van der Waals surface area contributed by atoms with Crippen LogP contribution in [-0.4, -0.2) is 11.4 Å². The molecule has 0 heterocycles. The van der Waals surface area contributed by atoms with Crippen LogP contribution in [0.25, 0.3) is 0 Å². The fraction of sp³-hybridized carbons (Fsp3) is 0.125. The highest BCUT2D eigenvalue weighted by atomic mass is 35.5. The van der Waals surface area contributed by atoms with E-state index in [4.69, 9.17) is 16.8 Å². The third-order valence-corrected chi connectivity index (χ3v) is 1.52. The summed E-state index contributed by atoms with van der Waals surface area (Å²) in [5, 5.41) is 11.5. The molecule has 57 valence electrons. The highest BCUT2D eigenvalue weighted by Crippen LogP contribution is 2.08. The molecule has 0 atom stereocenters. The molecule has 1 radical (unpaired) electrons. The minimum atomic E-state index is 0.508. The van der Waals surface area contributed by atoms with Crippen LogP contribution < -0.4 is 0 Å². The van der Waals surface area contributed by atoms with Gasteiger partial charge >= 0.3 is 0 Å². The third kappa shape index (κ3) is 2.60. The molecule has 0 spiro atoms. The molecule has 1 rings (SSSR count). The van der Waals surface area contributed by atoms with Crippen molar-refractivity contribution in [1.82, 2.24) is 0 Å². The average Bonchev–Trinajstić information content (AvgIpc) is 2.04. The third-order valence-electron chi connectivity index (χ3n) is 1.27. The lowest BCUT2D eigenvalue weighted by atomic mass is 10.2. The topological polar surface area (TPSA) is 32.6 Å². The predicted octanol–water partition coefficient (Wildman–Crippen LogP) is 2.22. The molecular formula is C8H7ClNO. The maximum absolute atomic E-state index is 8.07. The first-order valence-corrected chi connectivity index (χ1v) is 3.52. The molecule has 0 bridgehead atoms. The van der Waals surface area contributed by atoms with E-state index in [2.05, 4.69) is 11.4 Å². The number of rotatable bonds is 2. The minimum Gasteiger partial charge on any atom is -0.411 e. The zero-order chi connectivity index (χ0) is 8.10. The molecule has 0 saturated heterocycles. The lowest BCUT2D eigenvalue weighted by Gasteiger charge is -1.93. The number of hydrogen-bond donors (Lipinski definition) is 1. The van der Waals surface area contributed by atoms with Crippen molar-refractivity contribution in [2.24, 2.45) is 5.16 Å². The summed E-state index contributed by atoms with van der Waals surface area (Å²) in [6, 6.07) is 7.30. The Morgan fingerprint density at radius 1 is 1.36 bits per heavy atom. The first-order valence-electron chi connectivity index (χ1n) is 3.14. The van der Waals surface area contributed by atoms with Crippen molar-refractivity contribution in [1.29, 1.82) is 0 Å². The van der Waals surface area contributed by atoms with Gasteiger partial charge in [-0.3, -0.25) is 0 Å². The van der Waals surface area contributed by atoms with Gasteiger partial charge in [0.15, 0.2) is 0 Å². The van der Waals surface area contributed by atoms with Crippen molar-refractivity contribution < 1.29 is 5.21 Å². The molecule has 0 aliphatic heterocycles. The van der Waals surface area contributed by atoms with Crippen molar-refractivity contribution in [3.8, 4) is 0 Å². The van der Waals surface area contributed by atoms with Crippen LogP contribution in [-0.2, 0) is 6.42 Å². The Labute approximate surface area is 70.1 Å². The number of nitrogens with zero attached hydrogens (tertiary/aromatic N) is 1. The Balaban J connectivity index is 2.66. The first kappa shape index (κ1) is 8.08. The molecular weight excluding hydrogens is 162 g/mol. The van der Waals surface area contributed by atoms with E-state index in [0.717, 1.165) is 5.56 Å². The van der Waals surface area contributed by atoms with Crippen molar-refractivity contribution in [2.75, 3.05) is 0 Å². The van der Waals surface area contributed by atoms with Crippen molar-refractivity contribution in [3.05, 3.63) is 34.9 Å². The quantitative estimate of drug-likeness (QED) is 0.410. The van der Waals surface area contributed by atoms with E-state index < -0.39 is 0 Å². The molecule has 0 saturated carbocycles. The van der Waals surface area contributed by atoms with E-state index in [1.54, 1.807) is 12.1 Å². The standard InChI is InChI=1S/C8H7ClNO/c9-8-3-1-7(2-4-8)5-6-10-11/h1-4,11H,5H2. The lowest BCUT2D eigenvalue weighted by Crippen LogP contribution is -1.84. The summed E-state index contributed by atoms with van der Waals surface area (Å²) in [6.07, 6.45) is 2.93. The van der Waals surface area contributed by atoms with Crippen LogP contribution in [0, 0.1) is 0 Å². The molecule has 11 heavy (non-hydrogen) atoms. The number of halogens is 1. The van der Waals surface area contributed by atoms with Gasteiger partial charge in [-0.25, -0.2) is 0 Å². The summed E-state index contributed by atoms with van der Waals surface area (Å²) in [5.74, 6) is 0. The molecule has 1 aromatic rings. The van der Waals surface area contributed by atoms with Crippen LogP contribution in [0.3, 0.4) is 0 Å². The van der Waals surface area contributed by atoms with Crippen LogP contribution in [0.5, 0.6) is 0 Å². The summed E-state index contributed by atoms with van der Waals surface area (Å²) in [5.41, 5.74) is 1.02. The molecule has 0 fully saturated rings. The largest absolute Gasteiger partial charge is 0.411 e. The second-order valence-electron chi connectivity index (χ2n) is 2.06. The van der Waals surface area contributed by atoms with E-state index >= 15 is 0 Å². The van der Waals surface area contributed by atoms with Crippen molar-refractivity contribution in [3.63, 3.8) is 0 Å². The van der Waals surface area contributed by atoms with Gasteiger partial charge in [-0.2, -0.15) is 0 Å². The number of hydrogen-bond acceptors (Lipinski definition) is 2. The van der Waals surface area contributed by atoms with Gasteiger partial charge in [0.25, 0.3) is 0 Å². The van der Waals surface area contributed by atoms with Crippen LogP contribution in [0.2, 0.25) is 5.02 Å². The van der Waals surface area contributed by atoms with E-state index in [1.165, 1.54) is 0 Å². The molecule has 0 aliphatic rings. The smallest absolute Gasteiger partial charge is 0.109 e. The minimum absolute atomic E-state index is 0.508.